The molecule has 3 aromatic carbocycles. The summed E-state index contributed by atoms with van der Waals surface area (Å²) in [7, 11) is 0. The van der Waals surface area contributed by atoms with Gasteiger partial charge in [0.15, 0.2) is 0 Å². The molecule has 0 aromatic heterocycles. The number of halogens is 1. The molecule has 0 radical (unpaired) electrons. The lowest BCUT2D eigenvalue weighted by atomic mass is 9.98. The number of hydrogen-bond donors (Lipinski definition) is 1. The maximum Gasteiger partial charge on any atom is 0.303 e. The predicted octanol–water partition coefficient (Wildman–Crippen LogP) is 7.09. The lowest BCUT2D eigenvalue weighted by Gasteiger charge is -2.12. The van der Waals surface area contributed by atoms with E-state index in [0.29, 0.717) is 19.6 Å². The van der Waals surface area contributed by atoms with Crippen LogP contribution in [0.25, 0.3) is 11.1 Å². The Hall–Kier alpha value is -3.34. The van der Waals surface area contributed by atoms with Crippen molar-refractivity contribution < 1.29 is 23.8 Å². The summed E-state index contributed by atoms with van der Waals surface area (Å²) >= 11 is 0. The van der Waals surface area contributed by atoms with Gasteiger partial charge in [-0.1, -0.05) is 49.2 Å². The van der Waals surface area contributed by atoms with Crippen molar-refractivity contribution in [2.45, 2.75) is 51.9 Å². The number of hydrogen-bond acceptors (Lipinski definition) is 3. The Bertz CT molecular complexity index is 1050. The first kappa shape index (κ1) is 25.3. The summed E-state index contributed by atoms with van der Waals surface area (Å²) in [5.74, 6) is 0.467. The van der Waals surface area contributed by atoms with Gasteiger partial charge in [-0.25, -0.2) is 4.39 Å². The zero-order valence-electron chi connectivity index (χ0n) is 19.8. The minimum absolute atomic E-state index is 0.168. The highest BCUT2D eigenvalue weighted by Crippen LogP contribution is 2.30. The highest BCUT2D eigenvalue weighted by molar-refractivity contribution is 5.67. The molecule has 180 valence electrons. The van der Waals surface area contributed by atoms with Gasteiger partial charge in [-0.3, -0.25) is 4.79 Å². The second-order valence-corrected chi connectivity index (χ2v) is 8.31. The summed E-state index contributed by atoms with van der Waals surface area (Å²) in [6.07, 6.45) is 5.89. The second-order valence-electron chi connectivity index (χ2n) is 8.31. The molecule has 0 aliphatic rings. The van der Waals surface area contributed by atoms with Crippen molar-refractivity contribution in [1.29, 1.82) is 0 Å². The molecule has 0 fully saturated rings. The first-order valence-electron chi connectivity index (χ1n) is 12.0. The van der Waals surface area contributed by atoms with Crippen LogP contribution in [0.5, 0.6) is 11.5 Å². The molecule has 34 heavy (non-hydrogen) atoms. The topological polar surface area (TPSA) is 55.8 Å². The van der Waals surface area contributed by atoms with Crippen molar-refractivity contribution in [3.8, 4) is 22.6 Å². The number of carboxylic acid groups (broad SMARTS) is 1. The lowest BCUT2D eigenvalue weighted by molar-refractivity contribution is -0.136. The van der Waals surface area contributed by atoms with Crippen molar-refractivity contribution in [3.63, 3.8) is 0 Å². The molecule has 0 aliphatic carbocycles. The van der Waals surface area contributed by atoms with Crippen molar-refractivity contribution >= 4 is 5.97 Å². The zero-order valence-corrected chi connectivity index (χ0v) is 19.8. The number of carbonyl (C=O) groups is 1. The summed E-state index contributed by atoms with van der Waals surface area (Å²) in [5, 5.41) is 8.94. The molecular weight excluding hydrogens is 431 g/mol. The maximum absolute atomic E-state index is 13.3. The van der Waals surface area contributed by atoms with E-state index in [9.17, 15) is 9.18 Å². The summed E-state index contributed by atoms with van der Waals surface area (Å²) in [6.45, 7) is 3.12. The molecule has 0 bridgehead atoms. The first-order chi connectivity index (χ1) is 16.5. The van der Waals surface area contributed by atoms with E-state index >= 15 is 0 Å². The van der Waals surface area contributed by atoms with E-state index in [1.165, 1.54) is 17.7 Å². The highest BCUT2D eigenvalue weighted by atomic mass is 19.1. The van der Waals surface area contributed by atoms with Crippen molar-refractivity contribution in [2.75, 3.05) is 13.2 Å². The van der Waals surface area contributed by atoms with Gasteiger partial charge in [-0.2, -0.15) is 0 Å². The fraction of sp³-hybridized carbons (Fsp3) is 0.345. The Kier molecular flexibility index (Phi) is 9.96. The third-order valence-electron chi connectivity index (χ3n) is 5.70. The van der Waals surface area contributed by atoms with Crippen LogP contribution >= 0.6 is 0 Å². The lowest BCUT2D eigenvalue weighted by Crippen LogP contribution is -2.01. The smallest absolute Gasteiger partial charge is 0.303 e. The largest absolute Gasteiger partial charge is 0.494 e. The van der Waals surface area contributed by atoms with Gasteiger partial charge < -0.3 is 14.6 Å². The van der Waals surface area contributed by atoms with Crippen LogP contribution in [0.1, 0.15) is 50.2 Å². The van der Waals surface area contributed by atoms with Crippen LogP contribution in [-0.2, 0) is 17.6 Å². The predicted molar refractivity (Wildman–Crippen MR) is 133 cm³/mol. The van der Waals surface area contributed by atoms with Crippen LogP contribution in [0.15, 0.2) is 66.7 Å². The second kappa shape index (κ2) is 13.4. The summed E-state index contributed by atoms with van der Waals surface area (Å²) in [4.78, 5) is 10.9. The Morgan fingerprint density at radius 3 is 2.12 bits per heavy atom. The normalized spacial score (nSPS) is 10.8. The fourth-order valence-electron chi connectivity index (χ4n) is 3.96. The first-order valence-corrected chi connectivity index (χ1v) is 12.0. The molecule has 0 aliphatic heterocycles. The number of carboxylic acids is 1. The molecule has 0 spiro atoms. The summed E-state index contributed by atoms with van der Waals surface area (Å²) in [6, 6.07) is 20.3. The van der Waals surface area contributed by atoms with Crippen LogP contribution in [0, 0.1) is 5.82 Å². The third kappa shape index (κ3) is 8.22. The number of benzene rings is 3. The SMILES string of the molecule is CCOc1cc(OCCCCCCc2ccccc2CCC(=O)O)cc(-c2ccc(F)cc2)c1. The highest BCUT2D eigenvalue weighted by Gasteiger charge is 2.07. The molecule has 0 heterocycles. The molecule has 5 heteroatoms. The minimum atomic E-state index is -0.758. The van der Waals surface area contributed by atoms with Gasteiger partial charge in [-0.15, -0.1) is 0 Å². The Balaban J connectivity index is 1.45. The molecule has 0 atom stereocenters. The van der Waals surface area contributed by atoms with Gasteiger partial charge in [0.1, 0.15) is 17.3 Å². The van der Waals surface area contributed by atoms with E-state index in [-0.39, 0.29) is 12.2 Å². The number of aliphatic carboxylic acids is 1. The minimum Gasteiger partial charge on any atom is -0.494 e. The fourth-order valence-corrected chi connectivity index (χ4v) is 3.96. The van der Waals surface area contributed by atoms with Gasteiger partial charge in [0, 0.05) is 12.5 Å². The summed E-state index contributed by atoms with van der Waals surface area (Å²) in [5.41, 5.74) is 4.24. The quantitative estimate of drug-likeness (QED) is 0.259. The van der Waals surface area contributed by atoms with Crippen LogP contribution in [0.3, 0.4) is 0 Å². The van der Waals surface area contributed by atoms with Gasteiger partial charge in [0.2, 0.25) is 0 Å². The van der Waals surface area contributed by atoms with E-state index in [1.54, 1.807) is 12.1 Å². The van der Waals surface area contributed by atoms with E-state index in [4.69, 9.17) is 14.6 Å². The van der Waals surface area contributed by atoms with E-state index < -0.39 is 5.97 Å². The molecule has 3 aromatic rings. The van der Waals surface area contributed by atoms with Crippen molar-refractivity contribution in [2.24, 2.45) is 0 Å². The molecule has 3 rings (SSSR count). The Morgan fingerprint density at radius 2 is 1.44 bits per heavy atom. The number of unbranched alkanes of at least 4 members (excludes halogenated alkanes) is 3. The standard InChI is InChI=1S/C29H33FO4/c1-2-33-27-19-25(24-12-15-26(30)16-13-24)20-28(21-27)34-18-8-4-3-5-9-22-10-6-7-11-23(22)14-17-29(31)32/h6-7,10-13,15-16,19-21H,2-5,8-9,14,17-18H2,1H3,(H,31,32). The van der Waals surface area contributed by atoms with Crippen molar-refractivity contribution in [3.05, 3.63) is 83.7 Å². The van der Waals surface area contributed by atoms with Crippen LogP contribution in [-0.4, -0.2) is 24.3 Å². The van der Waals surface area contributed by atoms with Gasteiger partial charge in [-0.05, 0) is 79.1 Å². The van der Waals surface area contributed by atoms with Crippen LogP contribution in [0.4, 0.5) is 4.39 Å². The molecule has 0 amide bonds. The Labute approximate surface area is 201 Å². The monoisotopic (exact) mass is 464 g/mol. The van der Waals surface area contributed by atoms with E-state index in [2.05, 4.69) is 6.07 Å². The molecule has 1 N–H and O–H groups in total. The van der Waals surface area contributed by atoms with Gasteiger partial charge in [0.25, 0.3) is 0 Å². The number of rotatable bonds is 14. The van der Waals surface area contributed by atoms with E-state index in [1.807, 2.05) is 43.3 Å². The van der Waals surface area contributed by atoms with Gasteiger partial charge >= 0.3 is 5.97 Å². The molecule has 0 saturated heterocycles. The van der Waals surface area contributed by atoms with E-state index in [0.717, 1.165) is 60.3 Å². The molecular formula is C29H33FO4. The maximum atomic E-state index is 13.3. The number of aryl methyl sites for hydroxylation is 2. The zero-order chi connectivity index (χ0) is 24.2. The van der Waals surface area contributed by atoms with Crippen molar-refractivity contribution in [1.82, 2.24) is 0 Å². The molecule has 4 nitrogen and oxygen atoms in total. The molecule has 0 unspecified atom stereocenters. The average Bonchev–Trinajstić information content (AvgIpc) is 2.83. The Morgan fingerprint density at radius 1 is 0.794 bits per heavy atom. The summed E-state index contributed by atoms with van der Waals surface area (Å²) < 4.78 is 25.0. The third-order valence-corrected chi connectivity index (χ3v) is 5.70. The van der Waals surface area contributed by atoms with Crippen LogP contribution < -0.4 is 9.47 Å². The average molecular weight is 465 g/mol. The number of ether oxygens (including phenoxy) is 2. The molecule has 0 saturated carbocycles. The van der Waals surface area contributed by atoms with Gasteiger partial charge in [0.05, 0.1) is 13.2 Å². The van der Waals surface area contributed by atoms with Crippen LogP contribution in [0.2, 0.25) is 0 Å².